The number of hydrogen-bond acceptors (Lipinski definition) is 6. The molecule has 136 valence electrons. The molecule has 6 nitrogen and oxygen atoms in total. The van der Waals surface area contributed by atoms with Crippen LogP contribution in [0.2, 0.25) is 0 Å². The van der Waals surface area contributed by atoms with Crippen LogP contribution in [0.25, 0.3) is 0 Å². The van der Waals surface area contributed by atoms with Gasteiger partial charge in [-0.2, -0.15) is 0 Å². The van der Waals surface area contributed by atoms with Crippen LogP contribution in [0.3, 0.4) is 0 Å². The first-order valence-electron chi connectivity index (χ1n) is 8.82. The highest BCUT2D eigenvalue weighted by Crippen LogP contribution is 2.43. The topological polar surface area (TPSA) is 66.4 Å². The molecule has 0 amide bonds. The van der Waals surface area contributed by atoms with Gasteiger partial charge in [-0.3, -0.25) is 0 Å². The third kappa shape index (κ3) is 2.66. The summed E-state index contributed by atoms with van der Waals surface area (Å²) in [5, 5.41) is 10.0. The standard InChI is InChI=1S/C20H20O6/c21-8-15-14(5-12-1-3-16-18(6-12)25-10-23-16)9-22-20(15)13-2-4-17-19(7-13)26-11-24-17/h1-4,6-7,14-15,20-21H,5,8-11H2/t14-,15-,20+/m0/s1. The van der Waals surface area contributed by atoms with Gasteiger partial charge in [-0.25, -0.2) is 0 Å². The van der Waals surface area contributed by atoms with Gasteiger partial charge >= 0.3 is 0 Å². The van der Waals surface area contributed by atoms with Gasteiger partial charge in [0.2, 0.25) is 13.6 Å². The molecule has 1 N–H and O–H groups in total. The van der Waals surface area contributed by atoms with E-state index in [1.54, 1.807) is 0 Å². The minimum atomic E-state index is -0.145. The fraction of sp³-hybridized carbons (Fsp3) is 0.400. The van der Waals surface area contributed by atoms with Gasteiger partial charge < -0.3 is 28.8 Å². The first-order chi connectivity index (χ1) is 12.8. The summed E-state index contributed by atoms with van der Waals surface area (Å²) >= 11 is 0. The Morgan fingerprint density at radius 3 is 2.31 bits per heavy atom. The smallest absolute Gasteiger partial charge is 0.231 e. The summed E-state index contributed by atoms with van der Waals surface area (Å²) in [6.45, 7) is 1.21. The predicted molar refractivity (Wildman–Crippen MR) is 91.6 cm³/mol. The van der Waals surface area contributed by atoms with Crippen LogP contribution in [0.1, 0.15) is 17.2 Å². The monoisotopic (exact) mass is 356 g/mol. The third-order valence-corrected chi connectivity index (χ3v) is 5.36. The van der Waals surface area contributed by atoms with E-state index in [1.165, 1.54) is 0 Å². The molecule has 3 aliphatic rings. The molecule has 3 atom stereocenters. The summed E-state index contributed by atoms with van der Waals surface area (Å²) in [7, 11) is 0. The minimum Gasteiger partial charge on any atom is -0.454 e. The van der Waals surface area contributed by atoms with Crippen molar-refractivity contribution in [3.05, 3.63) is 47.5 Å². The molecule has 1 saturated heterocycles. The van der Waals surface area contributed by atoms with E-state index in [0.29, 0.717) is 6.61 Å². The lowest BCUT2D eigenvalue weighted by atomic mass is 9.84. The molecule has 5 rings (SSSR count). The zero-order chi connectivity index (χ0) is 17.5. The number of fused-ring (bicyclic) bond motifs is 2. The molecule has 0 spiro atoms. The fourth-order valence-electron chi connectivity index (χ4n) is 3.98. The second-order valence-corrected chi connectivity index (χ2v) is 6.86. The maximum Gasteiger partial charge on any atom is 0.231 e. The summed E-state index contributed by atoms with van der Waals surface area (Å²) in [4.78, 5) is 0. The van der Waals surface area contributed by atoms with Gasteiger partial charge in [-0.1, -0.05) is 12.1 Å². The number of rotatable bonds is 4. The minimum absolute atomic E-state index is 0.0285. The molecule has 2 aromatic carbocycles. The number of aliphatic hydroxyl groups excluding tert-OH is 1. The van der Waals surface area contributed by atoms with Gasteiger partial charge in [0.05, 0.1) is 12.7 Å². The Kier molecular flexibility index (Phi) is 3.87. The summed E-state index contributed by atoms with van der Waals surface area (Å²) in [6, 6.07) is 11.9. The van der Waals surface area contributed by atoms with E-state index in [0.717, 1.165) is 40.5 Å². The van der Waals surface area contributed by atoms with E-state index in [2.05, 4.69) is 6.07 Å². The van der Waals surface area contributed by atoms with Gasteiger partial charge in [0.25, 0.3) is 0 Å². The van der Waals surface area contributed by atoms with Crippen molar-refractivity contribution in [3.63, 3.8) is 0 Å². The number of benzene rings is 2. The molecule has 1 fully saturated rings. The van der Waals surface area contributed by atoms with Crippen molar-refractivity contribution < 1.29 is 28.8 Å². The van der Waals surface area contributed by atoms with Crippen molar-refractivity contribution in [1.29, 1.82) is 0 Å². The molecular formula is C20H20O6. The molecule has 0 bridgehead atoms. The lowest BCUT2D eigenvalue weighted by Crippen LogP contribution is -2.21. The van der Waals surface area contributed by atoms with E-state index in [-0.39, 0.29) is 38.1 Å². The Morgan fingerprint density at radius 1 is 0.846 bits per heavy atom. The number of aliphatic hydroxyl groups is 1. The fourth-order valence-corrected chi connectivity index (χ4v) is 3.98. The Morgan fingerprint density at radius 2 is 1.54 bits per heavy atom. The van der Waals surface area contributed by atoms with Crippen molar-refractivity contribution in [1.82, 2.24) is 0 Å². The number of ether oxygens (including phenoxy) is 5. The lowest BCUT2D eigenvalue weighted by Gasteiger charge is -2.21. The van der Waals surface area contributed by atoms with Crippen LogP contribution in [0.5, 0.6) is 23.0 Å². The zero-order valence-corrected chi connectivity index (χ0v) is 14.2. The van der Waals surface area contributed by atoms with E-state index in [4.69, 9.17) is 23.7 Å². The predicted octanol–water partition coefficient (Wildman–Crippen LogP) is 2.68. The highest BCUT2D eigenvalue weighted by molar-refractivity contribution is 5.46. The normalized spacial score (nSPS) is 25.7. The van der Waals surface area contributed by atoms with Crippen molar-refractivity contribution in [2.45, 2.75) is 12.5 Å². The third-order valence-electron chi connectivity index (χ3n) is 5.36. The van der Waals surface area contributed by atoms with E-state index in [1.807, 2.05) is 30.3 Å². The SMILES string of the molecule is OC[C@H]1[C@@H](Cc2ccc3c(c2)OCO3)CO[C@@H]1c1ccc2c(c1)OCO2. The van der Waals surface area contributed by atoms with E-state index < -0.39 is 0 Å². The highest BCUT2D eigenvalue weighted by atomic mass is 16.7. The van der Waals surface area contributed by atoms with Crippen molar-refractivity contribution in [2.75, 3.05) is 26.8 Å². The van der Waals surface area contributed by atoms with Crippen molar-refractivity contribution >= 4 is 0 Å². The first kappa shape index (κ1) is 15.8. The van der Waals surface area contributed by atoms with Crippen LogP contribution in [0.4, 0.5) is 0 Å². The molecule has 0 saturated carbocycles. The largest absolute Gasteiger partial charge is 0.454 e. The average molecular weight is 356 g/mol. The highest BCUT2D eigenvalue weighted by Gasteiger charge is 2.38. The molecule has 0 radical (unpaired) electrons. The van der Waals surface area contributed by atoms with Crippen LogP contribution in [-0.4, -0.2) is 31.9 Å². The van der Waals surface area contributed by atoms with Gasteiger partial charge in [0, 0.05) is 12.5 Å². The van der Waals surface area contributed by atoms with Gasteiger partial charge in [0.1, 0.15) is 0 Å². The Bertz CT molecular complexity index is 820. The quantitative estimate of drug-likeness (QED) is 0.909. The molecule has 2 aromatic rings. The van der Waals surface area contributed by atoms with Crippen LogP contribution in [0.15, 0.2) is 36.4 Å². The van der Waals surface area contributed by atoms with Gasteiger partial charge in [-0.15, -0.1) is 0 Å². The maximum atomic E-state index is 10.0. The van der Waals surface area contributed by atoms with E-state index in [9.17, 15) is 5.11 Å². The van der Waals surface area contributed by atoms with Gasteiger partial charge in [0.15, 0.2) is 23.0 Å². The Balaban J connectivity index is 1.35. The van der Waals surface area contributed by atoms with Crippen molar-refractivity contribution in [3.8, 4) is 23.0 Å². The average Bonchev–Trinajstić information content (AvgIpc) is 3.39. The van der Waals surface area contributed by atoms with E-state index >= 15 is 0 Å². The molecule has 0 aliphatic carbocycles. The molecule has 3 heterocycles. The number of hydrogen-bond donors (Lipinski definition) is 1. The van der Waals surface area contributed by atoms with Crippen LogP contribution < -0.4 is 18.9 Å². The summed E-state index contributed by atoms with van der Waals surface area (Å²) in [6.07, 6.45) is 0.677. The van der Waals surface area contributed by atoms with Crippen LogP contribution in [0, 0.1) is 11.8 Å². The molecule has 26 heavy (non-hydrogen) atoms. The van der Waals surface area contributed by atoms with Crippen molar-refractivity contribution in [2.24, 2.45) is 11.8 Å². The second-order valence-electron chi connectivity index (χ2n) is 6.86. The summed E-state index contributed by atoms with van der Waals surface area (Å²) < 4.78 is 27.7. The summed E-state index contributed by atoms with van der Waals surface area (Å²) in [5.41, 5.74) is 2.18. The maximum absolute atomic E-state index is 10.0. The van der Waals surface area contributed by atoms with Crippen LogP contribution in [-0.2, 0) is 11.2 Å². The molecule has 0 unspecified atom stereocenters. The molecule has 3 aliphatic heterocycles. The second kappa shape index (κ2) is 6.37. The molecule has 6 heteroatoms. The Hall–Kier alpha value is -2.44. The Labute approximate surface area is 151 Å². The first-order valence-corrected chi connectivity index (χ1v) is 8.82. The van der Waals surface area contributed by atoms with Gasteiger partial charge in [-0.05, 0) is 47.7 Å². The molecule has 0 aromatic heterocycles. The lowest BCUT2D eigenvalue weighted by molar-refractivity contribution is 0.0717. The molecular weight excluding hydrogens is 336 g/mol. The zero-order valence-electron chi connectivity index (χ0n) is 14.2. The summed E-state index contributed by atoms with van der Waals surface area (Å²) in [5.74, 6) is 3.32. The van der Waals surface area contributed by atoms with Crippen LogP contribution >= 0.6 is 0 Å².